The minimum Gasteiger partial charge on any atom is -0.310 e. The van der Waals surface area contributed by atoms with Gasteiger partial charge in [0.2, 0.25) is 0 Å². The summed E-state index contributed by atoms with van der Waals surface area (Å²) in [6, 6.07) is 64.4. The molecule has 0 bridgehead atoms. The van der Waals surface area contributed by atoms with Crippen LogP contribution in [0.15, 0.2) is 198 Å². The van der Waals surface area contributed by atoms with E-state index in [1.54, 1.807) is 0 Å². The maximum absolute atomic E-state index is 5.02. The summed E-state index contributed by atoms with van der Waals surface area (Å²) in [7, 11) is 0. The molecule has 0 atom stereocenters. The van der Waals surface area contributed by atoms with Crippen LogP contribution in [-0.2, 0) is 0 Å². The average molecular weight is 646 g/mol. The smallest absolute Gasteiger partial charge is 0.137 e. The topological polar surface area (TPSA) is 19.4 Å². The molecule has 7 aromatic carbocycles. The molecule has 49 heavy (non-hydrogen) atoms. The highest BCUT2D eigenvalue weighted by atomic mass is 32.2. The molecule has 0 saturated heterocycles. The maximum atomic E-state index is 5.02. The van der Waals surface area contributed by atoms with Gasteiger partial charge in [0.1, 0.15) is 5.82 Å². The van der Waals surface area contributed by atoms with Gasteiger partial charge in [-0.25, -0.2) is 4.98 Å². The van der Waals surface area contributed by atoms with E-state index in [4.69, 9.17) is 4.98 Å². The Labute approximate surface area is 290 Å². The maximum Gasteiger partial charge on any atom is 0.137 e. The fraction of sp³-hybridized carbons (Fsp3) is 0. The van der Waals surface area contributed by atoms with E-state index in [1.165, 1.54) is 37.3 Å². The molecule has 0 fully saturated rings. The second kappa shape index (κ2) is 12.5. The van der Waals surface area contributed by atoms with Gasteiger partial charge in [-0.3, -0.25) is 4.90 Å². The van der Waals surface area contributed by atoms with Gasteiger partial charge >= 0.3 is 0 Å². The molecule has 2 heterocycles. The largest absolute Gasteiger partial charge is 0.310 e. The van der Waals surface area contributed by atoms with Crippen molar-refractivity contribution in [3.8, 4) is 22.3 Å². The summed E-state index contributed by atoms with van der Waals surface area (Å²) in [6.07, 6.45) is 2.01. The van der Waals surface area contributed by atoms with E-state index < -0.39 is 0 Å². The molecule has 1 aromatic heterocycles. The monoisotopic (exact) mass is 645 g/mol. The number of fused-ring (bicyclic) bond motifs is 2. The molecule has 232 valence electrons. The standard InChI is InChI=1S/C45H31N3S/c1-5-14-33(15-6-1)47(34-16-7-2-8-17-34)37-25-26-39-41-28-27-38(40-22-13-23-42(45(40)41)49-43(39)30-37)32-24-29-44(46-31-32)48(35-18-9-3-10-19-35)36-20-11-4-12-21-36/h1-31H. The predicted molar refractivity (Wildman–Crippen MR) is 206 cm³/mol. The number of nitrogens with zero attached hydrogens (tertiary/aromatic N) is 3. The van der Waals surface area contributed by atoms with E-state index in [2.05, 4.69) is 180 Å². The van der Waals surface area contributed by atoms with Gasteiger partial charge in [-0.15, -0.1) is 0 Å². The van der Waals surface area contributed by atoms with Crippen LogP contribution in [0, 0.1) is 0 Å². The lowest BCUT2D eigenvalue weighted by molar-refractivity contribution is 1.18. The van der Waals surface area contributed by atoms with Crippen LogP contribution in [0.5, 0.6) is 0 Å². The predicted octanol–water partition coefficient (Wildman–Crippen LogP) is 13.0. The fourth-order valence-corrected chi connectivity index (χ4v) is 8.03. The number of hydrogen-bond acceptors (Lipinski definition) is 4. The molecule has 1 aliphatic heterocycles. The fourth-order valence-electron chi connectivity index (χ4n) is 6.86. The number of pyridine rings is 1. The molecular weight excluding hydrogens is 615 g/mol. The van der Waals surface area contributed by atoms with Gasteiger partial charge in [-0.05, 0) is 101 Å². The summed E-state index contributed by atoms with van der Waals surface area (Å²) in [5.41, 5.74) is 10.4. The minimum atomic E-state index is 0.879. The molecule has 0 amide bonds. The number of benzene rings is 7. The summed E-state index contributed by atoms with van der Waals surface area (Å²) < 4.78 is 0. The molecule has 4 heteroatoms. The molecule has 0 unspecified atom stereocenters. The zero-order chi connectivity index (χ0) is 32.6. The molecule has 1 aliphatic rings. The van der Waals surface area contributed by atoms with Gasteiger partial charge < -0.3 is 4.90 Å². The van der Waals surface area contributed by atoms with Crippen molar-refractivity contribution in [2.45, 2.75) is 9.79 Å². The first-order valence-electron chi connectivity index (χ1n) is 16.5. The van der Waals surface area contributed by atoms with Crippen molar-refractivity contribution in [2.75, 3.05) is 9.80 Å². The Morgan fingerprint density at radius 3 is 1.51 bits per heavy atom. The number of anilines is 6. The third-order valence-electron chi connectivity index (χ3n) is 9.08. The van der Waals surface area contributed by atoms with Crippen molar-refractivity contribution in [1.82, 2.24) is 4.98 Å². The van der Waals surface area contributed by atoms with Crippen LogP contribution >= 0.6 is 11.8 Å². The minimum absolute atomic E-state index is 0.879. The number of hydrogen-bond donors (Lipinski definition) is 0. The van der Waals surface area contributed by atoms with E-state index in [1.807, 2.05) is 30.1 Å². The van der Waals surface area contributed by atoms with Gasteiger partial charge in [0.05, 0.1) is 0 Å². The highest BCUT2D eigenvalue weighted by molar-refractivity contribution is 7.99. The van der Waals surface area contributed by atoms with Crippen molar-refractivity contribution < 1.29 is 0 Å². The van der Waals surface area contributed by atoms with E-state index in [9.17, 15) is 0 Å². The first kappa shape index (κ1) is 29.1. The van der Waals surface area contributed by atoms with Gasteiger partial charge in [-0.1, -0.05) is 115 Å². The zero-order valence-corrected chi connectivity index (χ0v) is 27.5. The van der Waals surface area contributed by atoms with Gasteiger partial charge in [0, 0.05) is 55.4 Å². The first-order chi connectivity index (χ1) is 24.3. The van der Waals surface area contributed by atoms with Crippen molar-refractivity contribution in [3.63, 3.8) is 0 Å². The van der Waals surface area contributed by atoms with Gasteiger partial charge in [-0.2, -0.15) is 0 Å². The molecule has 0 spiro atoms. The summed E-state index contributed by atoms with van der Waals surface area (Å²) in [4.78, 5) is 12.1. The third kappa shape index (κ3) is 5.33. The van der Waals surface area contributed by atoms with Gasteiger partial charge in [0.15, 0.2) is 0 Å². The number of para-hydroxylation sites is 4. The zero-order valence-electron chi connectivity index (χ0n) is 26.6. The van der Waals surface area contributed by atoms with Crippen LogP contribution in [0.2, 0.25) is 0 Å². The lowest BCUT2D eigenvalue weighted by Crippen LogP contribution is -2.11. The molecule has 0 aliphatic carbocycles. The van der Waals surface area contributed by atoms with Gasteiger partial charge in [0.25, 0.3) is 0 Å². The van der Waals surface area contributed by atoms with Crippen LogP contribution in [0.1, 0.15) is 0 Å². The molecule has 9 rings (SSSR count). The van der Waals surface area contributed by atoms with E-state index >= 15 is 0 Å². The van der Waals surface area contributed by atoms with E-state index in [0.717, 1.165) is 39.8 Å². The van der Waals surface area contributed by atoms with Crippen LogP contribution in [0.3, 0.4) is 0 Å². The molecule has 0 N–H and O–H groups in total. The normalized spacial score (nSPS) is 11.6. The Hall–Kier alpha value is -6.10. The second-order valence-corrected chi connectivity index (χ2v) is 13.1. The average Bonchev–Trinajstić information content (AvgIpc) is 3.17. The highest BCUT2D eigenvalue weighted by Gasteiger charge is 2.23. The lowest BCUT2D eigenvalue weighted by Gasteiger charge is -2.28. The SMILES string of the molecule is c1ccc(N(c2ccccc2)c2ccc3c(c2)Sc2cccc4c(-c5ccc(N(c6ccccc6)c6ccccc6)nc5)ccc-3c24)cc1. The van der Waals surface area contributed by atoms with Crippen molar-refractivity contribution in [3.05, 3.63) is 188 Å². The molecule has 0 radical (unpaired) electrons. The quantitative estimate of drug-likeness (QED) is 0.172. The Kier molecular flexibility index (Phi) is 7.41. The number of rotatable bonds is 7. The Morgan fingerprint density at radius 1 is 0.388 bits per heavy atom. The lowest BCUT2D eigenvalue weighted by atomic mass is 9.92. The Morgan fingerprint density at radius 2 is 0.939 bits per heavy atom. The van der Waals surface area contributed by atoms with Crippen LogP contribution in [0.25, 0.3) is 33.0 Å². The van der Waals surface area contributed by atoms with Crippen LogP contribution in [-0.4, -0.2) is 4.98 Å². The Balaban J connectivity index is 1.10. The van der Waals surface area contributed by atoms with Crippen molar-refractivity contribution in [1.29, 1.82) is 0 Å². The summed E-state index contributed by atoms with van der Waals surface area (Å²) in [5.74, 6) is 0.879. The highest BCUT2D eigenvalue weighted by Crippen LogP contribution is 2.51. The molecule has 8 aromatic rings. The van der Waals surface area contributed by atoms with Crippen molar-refractivity contribution in [2.24, 2.45) is 0 Å². The third-order valence-corrected chi connectivity index (χ3v) is 10.2. The number of aromatic nitrogens is 1. The molecule has 3 nitrogen and oxygen atoms in total. The summed E-state index contributed by atoms with van der Waals surface area (Å²) in [6.45, 7) is 0. The summed E-state index contributed by atoms with van der Waals surface area (Å²) >= 11 is 1.85. The molecule has 0 saturated carbocycles. The van der Waals surface area contributed by atoms with Crippen LogP contribution < -0.4 is 9.80 Å². The van der Waals surface area contributed by atoms with Crippen molar-refractivity contribution >= 4 is 56.8 Å². The Bertz CT molecular complexity index is 2320. The van der Waals surface area contributed by atoms with Crippen LogP contribution in [0.4, 0.5) is 34.3 Å². The van der Waals surface area contributed by atoms with E-state index in [0.29, 0.717) is 0 Å². The summed E-state index contributed by atoms with van der Waals surface area (Å²) in [5, 5.41) is 2.54. The van der Waals surface area contributed by atoms with E-state index in [-0.39, 0.29) is 0 Å². The first-order valence-corrected chi connectivity index (χ1v) is 17.3. The molecular formula is C45H31N3S. The second-order valence-electron chi connectivity index (χ2n) is 12.0.